The van der Waals surface area contributed by atoms with Crippen LogP contribution in [0.5, 0.6) is 5.75 Å². The van der Waals surface area contributed by atoms with Crippen LogP contribution in [0, 0.1) is 17.0 Å². The molecule has 0 saturated heterocycles. The number of nitrogens with zero attached hydrogens (tertiary/aromatic N) is 1. The molecule has 1 aromatic carbocycles. The fourth-order valence-corrected chi connectivity index (χ4v) is 1.26. The predicted octanol–water partition coefficient (Wildman–Crippen LogP) is 1.90. The highest BCUT2D eigenvalue weighted by Gasteiger charge is 2.13. The number of rotatable bonds is 7. The van der Waals surface area contributed by atoms with Crippen LogP contribution >= 0.6 is 0 Å². The van der Waals surface area contributed by atoms with Crippen LogP contribution in [-0.2, 0) is 9.47 Å². The number of benzene rings is 1. The molecule has 6 nitrogen and oxygen atoms in total. The molecule has 0 spiro atoms. The van der Waals surface area contributed by atoms with Gasteiger partial charge in [0.15, 0.2) is 6.79 Å². The van der Waals surface area contributed by atoms with E-state index in [9.17, 15) is 10.1 Å². The van der Waals surface area contributed by atoms with E-state index >= 15 is 0 Å². The second-order valence-electron chi connectivity index (χ2n) is 3.32. The van der Waals surface area contributed by atoms with Crippen molar-refractivity contribution in [3.63, 3.8) is 0 Å². The van der Waals surface area contributed by atoms with Crippen LogP contribution in [0.4, 0.5) is 5.69 Å². The van der Waals surface area contributed by atoms with E-state index in [1.54, 1.807) is 26.2 Å². The van der Waals surface area contributed by atoms with E-state index in [0.29, 0.717) is 24.5 Å². The molecule has 0 aliphatic heterocycles. The third-order valence-electron chi connectivity index (χ3n) is 2.18. The minimum atomic E-state index is -0.437. The fourth-order valence-electron chi connectivity index (χ4n) is 1.26. The summed E-state index contributed by atoms with van der Waals surface area (Å²) in [4.78, 5) is 10.3. The molecule has 0 amide bonds. The normalized spacial score (nSPS) is 10.2. The van der Waals surface area contributed by atoms with Crippen molar-refractivity contribution in [2.24, 2.45) is 0 Å². The van der Waals surface area contributed by atoms with Gasteiger partial charge in [-0.15, -0.1) is 0 Å². The van der Waals surface area contributed by atoms with E-state index < -0.39 is 4.92 Å². The molecule has 0 atom stereocenters. The summed E-state index contributed by atoms with van der Waals surface area (Å²) in [6.07, 6.45) is 0. The van der Waals surface area contributed by atoms with Gasteiger partial charge in [-0.3, -0.25) is 10.1 Å². The number of hydrogen-bond donors (Lipinski definition) is 0. The second-order valence-corrected chi connectivity index (χ2v) is 3.32. The van der Waals surface area contributed by atoms with E-state index in [4.69, 9.17) is 14.2 Å². The topological polar surface area (TPSA) is 70.8 Å². The van der Waals surface area contributed by atoms with Crippen LogP contribution in [-0.4, -0.2) is 32.0 Å². The van der Waals surface area contributed by atoms with Crippen LogP contribution < -0.4 is 4.74 Å². The van der Waals surface area contributed by atoms with Crippen molar-refractivity contribution in [2.45, 2.75) is 6.92 Å². The highest BCUT2D eigenvalue weighted by Crippen LogP contribution is 2.26. The third kappa shape index (κ3) is 4.01. The average molecular weight is 241 g/mol. The van der Waals surface area contributed by atoms with Gasteiger partial charge in [0, 0.05) is 13.2 Å². The first-order valence-electron chi connectivity index (χ1n) is 5.10. The molecule has 1 aromatic rings. The van der Waals surface area contributed by atoms with Crippen LogP contribution in [0.15, 0.2) is 18.2 Å². The van der Waals surface area contributed by atoms with Gasteiger partial charge in [0.05, 0.1) is 23.7 Å². The van der Waals surface area contributed by atoms with E-state index in [1.807, 2.05) is 0 Å². The molecule has 94 valence electrons. The summed E-state index contributed by atoms with van der Waals surface area (Å²) < 4.78 is 15.2. The molecule has 0 fully saturated rings. The Hall–Kier alpha value is -1.66. The summed E-state index contributed by atoms with van der Waals surface area (Å²) in [6, 6.07) is 4.69. The van der Waals surface area contributed by atoms with Gasteiger partial charge in [-0.05, 0) is 13.0 Å². The third-order valence-corrected chi connectivity index (χ3v) is 2.18. The van der Waals surface area contributed by atoms with Crippen molar-refractivity contribution in [3.8, 4) is 5.75 Å². The average Bonchev–Trinajstić information content (AvgIpc) is 2.30. The quantitative estimate of drug-likeness (QED) is 0.315. The van der Waals surface area contributed by atoms with Crippen molar-refractivity contribution in [3.05, 3.63) is 33.9 Å². The number of hydrogen-bond acceptors (Lipinski definition) is 5. The van der Waals surface area contributed by atoms with Gasteiger partial charge in [0.1, 0.15) is 5.75 Å². The van der Waals surface area contributed by atoms with Crippen molar-refractivity contribution in [1.82, 2.24) is 0 Å². The Bertz CT molecular complexity index is 380. The molecule has 0 aliphatic carbocycles. The van der Waals surface area contributed by atoms with Crippen LogP contribution in [0.3, 0.4) is 0 Å². The molecule has 17 heavy (non-hydrogen) atoms. The highest BCUT2D eigenvalue weighted by molar-refractivity contribution is 5.48. The monoisotopic (exact) mass is 241 g/mol. The van der Waals surface area contributed by atoms with Crippen LogP contribution in [0.25, 0.3) is 0 Å². The largest absolute Gasteiger partial charge is 0.467 e. The molecule has 0 heterocycles. The molecular weight excluding hydrogens is 226 g/mol. The zero-order valence-electron chi connectivity index (χ0n) is 9.84. The van der Waals surface area contributed by atoms with Gasteiger partial charge < -0.3 is 14.2 Å². The lowest BCUT2D eigenvalue weighted by atomic mass is 10.2. The maximum Gasteiger partial charge on any atom is 0.276 e. The Labute approximate surface area is 99.2 Å². The van der Waals surface area contributed by atoms with Gasteiger partial charge in [0.25, 0.3) is 5.69 Å². The first kappa shape index (κ1) is 13.4. The lowest BCUT2D eigenvalue weighted by Gasteiger charge is -2.09. The molecule has 0 aliphatic rings. The summed E-state index contributed by atoms with van der Waals surface area (Å²) in [5.74, 6) is 0.455. The van der Waals surface area contributed by atoms with Gasteiger partial charge in [-0.25, -0.2) is 0 Å². The fraction of sp³-hybridized carbons (Fsp3) is 0.455. The molecule has 1 rings (SSSR count). The standard InChI is InChI=1S/C11H15NO5/c1-9-10(12(13)14)4-3-5-11(9)17-8-16-7-6-15-2/h3-5H,6-8H2,1-2H3. The number of ether oxygens (including phenoxy) is 3. The van der Waals surface area contributed by atoms with E-state index in [-0.39, 0.29) is 12.5 Å². The van der Waals surface area contributed by atoms with Crippen molar-refractivity contribution >= 4 is 5.69 Å². The molecule has 0 unspecified atom stereocenters. The zero-order valence-corrected chi connectivity index (χ0v) is 9.84. The van der Waals surface area contributed by atoms with Gasteiger partial charge in [-0.1, -0.05) is 6.07 Å². The SMILES string of the molecule is COCCOCOc1cccc([N+](=O)[O-])c1C. The summed E-state index contributed by atoms with van der Waals surface area (Å²) in [7, 11) is 1.58. The van der Waals surface area contributed by atoms with Gasteiger partial charge >= 0.3 is 0 Å². The Morgan fingerprint density at radius 3 is 2.76 bits per heavy atom. The van der Waals surface area contributed by atoms with Gasteiger partial charge in [-0.2, -0.15) is 0 Å². The van der Waals surface area contributed by atoms with E-state index in [2.05, 4.69) is 0 Å². The lowest BCUT2D eigenvalue weighted by Crippen LogP contribution is -2.08. The predicted molar refractivity (Wildman–Crippen MR) is 61.2 cm³/mol. The van der Waals surface area contributed by atoms with Crippen LogP contribution in [0.2, 0.25) is 0 Å². The van der Waals surface area contributed by atoms with E-state index in [0.717, 1.165) is 0 Å². The first-order chi connectivity index (χ1) is 8.16. The number of nitro benzene ring substituents is 1. The lowest BCUT2D eigenvalue weighted by molar-refractivity contribution is -0.385. The number of nitro groups is 1. The van der Waals surface area contributed by atoms with Crippen LogP contribution in [0.1, 0.15) is 5.56 Å². The van der Waals surface area contributed by atoms with Gasteiger partial charge in [0.2, 0.25) is 0 Å². The molecule has 0 saturated carbocycles. The molecule has 0 aromatic heterocycles. The Morgan fingerprint density at radius 1 is 1.35 bits per heavy atom. The maximum atomic E-state index is 10.7. The molecule has 0 bridgehead atoms. The Morgan fingerprint density at radius 2 is 2.12 bits per heavy atom. The first-order valence-corrected chi connectivity index (χ1v) is 5.10. The smallest absolute Gasteiger partial charge is 0.276 e. The summed E-state index contributed by atoms with van der Waals surface area (Å²) in [5, 5.41) is 10.7. The Balaban J connectivity index is 2.54. The Kier molecular flexibility index (Phi) is 5.38. The maximum absolute atomic E-state index is 10.7. The van der Waals surface area contributed by atoms with Crippen molar-refractivity contribution < 1.29 is 19.1 Å². The molecule has 0 N–H and O–H groups in total. The molecule has 6 heteroatoms. The minimum absolute atomic E-state index is 0.0411. The van der Waals surface area contributed by atoms with E-state index in [1.165, 1.54) is 6.07 Å². The number of methoxy groups -OCH3 is 1. The summed E-state index contributed by atoms with van der Waals surface area (Å²) in [6.45, 7) is 2.59. The molecular formula is C11H15NO5. The zero-order chi connectivity index (χ0) is 12.7. The highest BCUT2D eigenvalue weighted by atomic mass is 16.7. The van der Waals surface area contributed by atoms with Crippen molar-refractivity contribution in [1.29, 1.82) is 0 Å². The van der Waals surface area contributed by atoms with Crippen molar-refractivity contribution in [2.75, 3.05) is 27.1 Å². The second kappa shape index (κ2) is 6.82. The summed E-state index contributed by atoms with van der Waals surface area (Å²) in [5.41, 5.74) is 0.534. The molecule has 0 radical (unpaired) electrons. The minimum Gasteiger partial charge on any atom is -0.467 e. The summed E-state index contributed by atoms with van der Waals surface area (Å²) >= 11 is 0.